The number of morpholine rings is 1. The summed E-state index contributed by atoms with van der Waals surface area (Å²) in [4.78, 5) is 175. The molecule has 0 aliphatic carbocycles. The number of ether oxygens (including phenoxy) is 1. The van der Waals surface area contributed by atoms with Crippen molar-refractivity contribution in [2.24, 2.45) is 59.2 Å². The fraction of sp³-hybridized carbons (Fsp3) is 0.843. The number of hydrogen-bond acceptors (Lipinski definition) is 14. The van der Waals surface area contributed by atoms with E-state index in [1.807, 2.05) is 76.2 Å². The Balaban J connectivity index is 2.30. The maximum atomic E-state index is 15.5. The summed E-state index contributed by atoms with van der Waals surface area (Å²) in [5.41, 5.74) is 0. The summed E-state index contributed by atoms with van der Waals surface area (Å²) in [6.07, 6.45) is 1.21. The van der Waals surface area contributed by atoms with Gasteiger partial charge < -0.3 is 49.5 Å². The van der Waals surface area contributed by atoms with E-state index in [4.69, 9.17) is 4.74 Å². The van der Waals surface area contributed by atoms with Gasteiger partial charge in [-0.1, -0.05) is 104 Å². The number of rotatable bonds is 16. The number of fused-ring (bicyclic) bond motifs is 2. The van der Waals surface area contributed by atoms with Crippen molar-refractivity contribution in [1.29, 1.82) is 0 Å². The third kappa shape index (κ3) is 21.3. The first-order valence-corrected chi connectivity index (χ1v) is 34.4. The van der Waals surface area contributed by atoms with Crippen molar-refractivity contribution in [1.82, 2.24) is 44.5 Å². The van der Waals surface area contributed by atoms with Crippen molar-refractivity contribution in [3.8, 4) is 0 Å². The molecule has 8 amide bonds. The molecule has 3 fully saturated rings. The van der Waals surface area contributed by atoms with Crippen molar-refractivity contribution in [3.63, 3.8) is 0 Å². The van der Waals surface area contributed by atoms with Crippen LogP contribution in [0.4, 0.5) is 0 Å². The molecule has 0 aromatic heterocycles. The number of hydrogen-bond donors (Lipinski definition) is 2. The monoisotopic (exact) mass is 1300 g/mol. The van der Waals surface area contributed by atoms with Gasteiger partial charge in [0, 0.05) is 99.4 Å². The van der Waals surface area contributed by atoms with E-state index < -0.39 is 143 Å². The van der Waals surface area contributed by atoms with Gasteiger partial charge in [-0.2, -0.15) is 0 Å². The van der Waals surface area contributed by atoms with Gasteiger partial charge in [0.05, 0.1) is 30.4 Å². The quantitative estimate of drug-likeness (QED) is 0.174. The van der Waals surface area contributed by atoms with Crippen LogP contribution in [0.2, 0.25) is 0 Å². The van der Waals surface area contributed by atoms with Crippen LogP contribution in [0.5, 0.6) is 0 Å². The number of amides is 8. The zero-order valence-corrected chi connectivity index (χ0v) is 60.9. The molecular weight excluding hydrogens is 1170 g/mol. The standard InChI is InChI=1S/C70H123N9O13/c1-25-49-35-59(82)61(62(83)45(14)28-29-79-37-50-26-27-51(38-79)92-50)78(24)70(91)60(44(12)13)77(23)69(90)56(33-42(8)9)76(22)68(89)55(32-41(6)7)75(21)64(85)47(16)71-63(84)46(15)34-57(80)53(30-39(2)3)74(20)67(88)52(43(10)11)36-58(81)54(31-40(4)5)73(19)65(86)48(17)72(18)66(49)87/h39-56,60-62,83H,25-38H2,1-24H3,(H,71,84)/t45-,46+,47+,48-,49+,50?,51?,52-,53?,54+,55-,56-,60-,61+,62-/m1/s1. The van der Waals surface area contributed by atoms with E-state index in [0.717, 1.165) is 25.9 Å². The predicted octanol–water partition coefficient (Wildman–Crippen LogP) is 6.22. The van der Waals surface area contributed by atoms with Gasteiger partial charge in [0.25, 0.3) is 0 Å². The second-order valence-electron chi connectivity index (χ2n) is 30.1. The van der Waals surface area contributed by atoms with Crippen molar-refractivity contribution < 1.29 is 62.6 Å². The molecule has 0 spiro atoms. The number of likely N-dealkylation sites (N-methyl/N-ethyl adjacent to an activating group) is 7. The molecule has 3 rings (SSSR count). The highest BCUT2D eigenvalue weighted by Gasteiger charge is 2.47. The summed E-state index contributed by atoms with van der Waals surface area (Å²) in [5.74, 6) is -10.8. The average Bonchev–Trinajstić information content (AvgIpc) is 1.10. The van der Waals surface area contributed by atoms with Gasteiger partial charge in [-0.15, -0.1) is 0 Å². The van der Waals surface area contributed by atoms with Crippen LogP contribution in [-0.4, -0.2) is 245 Å². The van der Waals surface area contributed by atoms with Crippen molar-refractivity contribution in [2.75, 3.05) is 69.0 Å². The lowest BCUT2D eigenvalue weighted by Crippen LogP contribution is -2.62. The van der Waals surface area contributed by atoms with E-state index in [2.05, 4.69) is 10.2 Å². The number of carbonyl (C=O) groups is 11. The number of nitrogens with one attached hydrogen (secondary N) is 1. The molecule has 3 aliphatic rings. The maximum absolute atomic E-state index is 15.5. The summed E-state index contributed by atoms with van der Waals surface area (Å²) in [6.45, 7) is 32.6. The summed E-state index contributed by atoms with van der Waals surface area (Å²) < 4.78 is 6.08. The Kier molecular flexibility index (Phi) is 31.6. The van der Waals surface area contributed by atoms with Gasteiger partial charge in [0.15, 0.2) is 17.3 Å². The van der Waals surface area contributed by atoms with Gasteiger partial charge in [0.1, 0.15) is 36.3 Å². The third-order valence-corrected chi connectivity index (χ3v) is 19.8. The van der Waals surface area contributed by atoms with Crippen LogP contribution < -0.4 is 5.32 Å². The third-order valence-electron chi connectivity index (χ3n) is 19.8. The number of aliphatic hydroxyl groups excluding tert-OH is 1. The molecule has 2 N–H and O–H groups in total. The number of carbonyl (C=O) groups excluding carboxylic acids is 11. The molecule has 22 heteroatoms. The molecule has 3 heterocycles. The Morgan fingerprint density at radius 2 is 0.891 bits per heavy atom. The van der Waals surface area contributed by atoms with Crippen LogP contribution >= 0.6 is 0 Å². The van der Waals surface area contributed by atoms with Crippen molar-refractivity contribution in [3.05, 3.63) is 0 Å². The lowest BCUT2D eigenvalue weighted by atomic mass is 9.84. The number of aliphatic hydroxyl groups is 1. The molecule has 0 radical (unpaired) electrons. The molecule has 15 atom stereocenters. The number of nitrogens with zero attached hydrogens (tertiary/aromatic N) is 8. The number of likely N-dealkylation sites (tertiary alicyclic amines) is 1. The number of Topliss-reactive ketones (excluding diaryl/α,β-unsaturated/α-hetero) is 3. The second-order valence-corrected chi connectivity index (χ2v) is 30.1. The van der Waals surface area contributed by atoms with Crippen molar-refractivity contribution in [2.45, 2.75) is 255 Å². The molecule has 0 aromatic rings. The van der Waals surface area contributed by atoms with E-state index >= 15 is 19.2 Å². The molecule has 92 heavy (non-hydrogen) atoms. The molecule has 3 saturated heterocycles. The van der Waals surface area contributed by atoms with E-state index in [-0.39, 0.29) is 98.3 Å². The Bertz CT molecular complexity index is 2530. The smallest absolute Gasteiger partial charge is 0.246 e. The minimum Gasteiger partial charge on any atom is -0.390 e. The summed E-state index contributed by atoms with van der Waals surface area (Å²) in [6, 6.07) is -9.29. The van der Waals surface area contributed by atoms with Gasteiger partial charge in [-0.05, 0) is 113 Å². The van der Waals surface area contributed by atoms with Gasteiger partial charge in [-0.3, -0.25) is 57.6 Å². The van der Waals surface area contributed by atoms with Gasteiger partial charge >= 0.3 is 0 Å². The highest BCUT2D eigenvalue weighted by molar-refractivity contribution is 6.00. The summed E-state index contributed by atoms with van der Waals surface area (Å²) in [7, 11) is 10.4. The van der Waals surface area contributed by atoms with Crippen molar-refractivity contribution >= 4 is 64.6 Å². The molecule has 2 bridgehead atoms. The lowest BCUT2D eigenvalue weighted by molar-refractivity contribution is -0.157. The normalized spacial score (nSPS) is 30.1. The zero-order chi connectivity index (χ0) is 70.4. The van der Waals surface area contributed by atoms with Crippen LogP contribution in [0.15, 0.2) is 0 Å². The molecule has 3 unspecified atom stereocenters. The van der Waals surface area contributed by atoms with E-state index in [1.165, 1.54) is 90.6 Å². The Morgan fingerprint density at radius 1 is 0.467 bits per heavy atom. The lowest BCUT2D eigenvalue weighted by Gasteiger charge is -2.42. The first kappa shape index (κ1) is 80.9. The minimum atomic E-state index is -1.50. The van der Waals surface area contributed by atoms with Crippen LogP contribution in [0.1, 0.15) is 188 Å². The number of ketones is 3. The highest BCUT2D eigenvalue weighted by atomic mass is 16.5. The summed E-state index contributed by atoms with van der Waals surface area (Å²) in [5, 5.41) is 15.4. The van der Waals surface area contributed by atoms with Crippen LogP contribution in [-0.2, 0) is 57.5 Å². The van der Waals surface area contributed by atoms with Gasteiger partial charge in [0.2, 0.25) is 47.3 Å². The molecular formula is C70H123N9O13. The minimum absolute atomic E-state index is 0.0697. The SMILES string of the molecule is CC[C@H]1CC(=O)[C@@H]([C@H](O)[C@H](C)CCN2CC3CCC(C2)O3)N(C)C(=O)[C@@H](C(C)C)N(C)C(=O)[C@@H](CC(C)C)N(C)C(=O)[C@@H](CC(C)C)N(C)C(=O)[C@H](C)NC(=O)[C@@H](C)CC(=O)C(CC(C)C)N(C)C(=O)[C@@H](C(C)C)CC(=O)[C@H](CC(C)C)N(C)C(=O)[C@@H](C)N(C)C1=O. The van der Waals surface area contributed by atoms with E-state index in [1.54, 1.807) is 34.6 Å². The van der Waals surface area contributed by atoms with E-state index in [9.17, 15) is 38.7 Å². The molecule has 526 valence electrons. The fourth-order valence-corrected chi connectivity index (χ4v) is 13.7. The zero-order valence-electron chi connectivity index (χ0n) is 60.9. The van der Waals surface area contributed by atoms with Gasteiger partial charge in [-0.25, -0.2) is 0 Å². The highest BCUT2D eigenvalue weighted by Crippen LogP contribution is 2.31. The Morgan fingerprint density at radius 3 is 1.35 bits per heavy atom. The predicted molar refractivity (Wildman–Crippen MR) is 356 cm³/mol. The topological polar surface area (TPSA) is 255 Å². The van der Waals surface area contributed by atoms with Crippen LogP contribution in [0.25, 0.3) is 0 Å². The Labute approximate surface area is 552 Å². The van der Waals surface area contributed by atoms with E-state index in [0.29, 0.717) is 13.0 Å². The van der Waals surface area contributed by atoms with Crippen LogP contribution in [0.3, 0.4) is 0 Å². The second kappa shape index (κ2) is 36.0. The summed E-state index contributed by atoms with van der Waals surface area (Å²) >= 11 is 0. The fourth-order valence-electron chi connectivity index (χ4n) is 13.7. The maximum Gasteiger partial charge on any atom is 0.246 e. The first-order chi connectivity index (χ1) is 42.6. The largest absolute Gasteiger partial charge is 0.390 e. The molecule has 22 nitrogen and oxygen atoms in total. The Hall–Kier alpha value is -5.35. The molecule has 0 aromatic carbocycles. The molecule has 3 aliphatic heterocycles. The van der Waals surface area contributed by atoms with Crippen LogP contribution in [0, 0.1) is 59.2 Å². The molecule has 0 saturated carbocycles. The average molecular weight is 1300 g/mol. The first-order valence-electron chi connectivity index (χ1n) is 34.4.